The lowest BCUT2D eigenvalue weighted by molar-refractivity contribution is 0.802. The van der Waals surface area contributed by atoms with Gasteiger partial charge >= 0.3 is 0 Å². The van der Waals surface area contributed by atoms with Gasteiger partial charge in [-0.15, -0.1) is 0 Å². The van der Waals surface area contributed by atoms with Gasteiger partial charge in [-0.3, -0.25) is 4.99 Å². The summed E-state index contributed by atoms with van der Waals surface area (Å²) in [7, 11) is 0. The predicted octanol–water partition coefficient (Wildman–Crippen LogP) is 8.92. The molecule has 0 saturated carbocycles. The molecule has 10 rings (SSSR count). The fraction of sp³-hybridized carbons (Fsp3) is 0.0698. The highest BCUT2D eigenvalue weighted by Gasteiger charge is 2.21. The molecule has 4 heterocycles. The molecule has 0 atom stereocenters. The Hall–Kier alpha value is -5.65. The standard InChI is InChI=1S/C43H30N4S/c1-2-4-11-28(10-3-1)27-46-25-24-29-20-23-34-32-12-5-7-15-37(32)47(42(34)41(29)46)31-21-18-30(19-22-31)43-44-26-35-33-13-6-8-16-38(33)48-39-17-9-14-36(45-43)40(35)39/h1-10,12-25H,11,26-27H2. The molecular weight excluding hydrogens is 605 g/mol. The van der Waals surface area contributed by atoms with E-state index in [1.165, 1.54) is 64.4 Å². The zero-order valence-corrected chi connectivity index (χ0v) is 27.0. The van der Waals surface area contributed by atoms with Crippen molar-refractivity contribution in [1.82, 2.24) is 9.13 Å². The highest BCUT2D eigenvalue weighted by atomic mass is 32.2. The van der Waals surface area contributed by atoms with Crippen molar-refractivity contribution in [3.63, 3.8) is 0 Å². The van der Waals surface area contributed by atoms with Crippen molar-refractivity contribution in [3.8, 4) is 5.69 Å². The van der Waals surface area contributed by atoms with Crippen molar-refractivity contribution in [3.05, 3.63) is 173 Å². The topological polar surface area (TPSA) is 34.6 Å². The maximum atomic E-state index is 5.17. The number of fused-ring (bicyclic) bond motifs is 7. The van der Waals surface area contributed by atoms with Gasteiger partial charge in [0.15, 0.2) is 5.84 Å². The molecule has 0 unspecified atom stereocenters. The SMILES string of the molecule is C1=CC=C(Cn2ccc3ccc4c5ccccc5n(-c5ccc(C6=NCC7=c8c(cccc8=N6)Sc6ccccc67)cc5)c4c32)CC=C1. The third-order valence-electron chi connectivity index (χ3n) is 9.74. The summed E-state index contributed by atoms with van der Waals surface area (Å²) < 4.78 is 4.85. The lowest BCUT2D eigenvalue weighted by Crippen LogP contribution is -2.31. The van der Waals surface area contributed by atoms with Gasteiger partial charge in [-0.2, -0.15) is 0 Å². The van der Waals surface area contributed by atoms with E-state index >= 15 is 0 Å². The van der Waals surface area contributed by atoms with E-state index in [0.29, 0.717) is 6.54 Å². The Bertz CT molecular complexity index is 2720. The number of rotatable bonds is 4. The summed E-state index contributed by atoms with van der Waals surface area (Å²) in [5, 5.41) is 5.98. The third kappa shape index (κ3) is 4.31. The number of aliphatic imine (C=N–C) groups is 1. The van der Waals surface area contributed by atoms with E-state index in [4.69, 9.17) is 9.98 Å². The summed E-state index contributed by atoms with van der Waals surface area (Å²) in [4.78, 5) is 12.8. The second kappa shape index (κ2) is 11.0. The van der Waals surface area contributed by atoms with E-state index in [1.807, 2.05) is 11.8 Å². The van der Waals surface area contributed by atoms with E-state index < -0.39 is 0 Å². The highest BCUT2D eigenvalue weighted by Crippen LogP contribution is 2.38. The lowest BCUT2D eigenvalue weighted by Gasteiger charge is -2.17. The van der Waals surface area contributed by atoms with Crippen LogP contribution >= 0.6 is 11.8 Å². The summed E-state index contributed by atoms with van der Waals surface area (Å²) in [6.45, 7) is 1.45. The Morgan fingerprint density at radius 3 is 2.54 bits per heavy atom. The van der Waals surface area contributed by atoms with Crippen molar-refractivity contribution in [2.75, 3.05) is 6.54 Å². The van der Waals surface area contributed by atoms with Gasteiger partial charge in [0.05, 0.1) is 28.5 Å². The molecule has 48 heavy (non-hydrogen) atoms. The first kappa shape index (κ1) is 27.5. The van der Waals surface area contributed by atoms with E-state index in [-0.39, 0.29) is 0 Å². The fourth-order valence-electron chi connectivity index (χ4n) is 7.54. The number of hydrogen-bond donors (Lipinski definition) is 0. The number of benzene rings is 5. The largest absolute Gasteiger partial charge is 0.342 e. The molecule has 5 heteroatoms. The summed E-state index contributed by atoms with van der Waals surface area (Å²) in [6.07, 6.45) is 14.1. The number of para-hydroxylation sites is 1. The van der Waals surface area contributed by atoms with Crippen molar-refractivity contribution in [1.29, 1.82) is 0 Å². The molecular formula is C43H30N4S. The smallest absolute Gasteiger partial charge is 0.155 e. The number of allylic oxidation sites excluding steroid dienone is 6. The summed E-state index contributed by atoms with van der Waals surface area (Å²) in [5.41, 5.74) is 9.75. The molecule has 4 nitrogen and oxygen atoms in total. The van der Waals surface area contributed by atoms with E-state index in [0.717, 1.165) is 35.4 Å². The average Bonchev–Trinajstić information content (AvgIpc) is 3.47. The van der Waals surface area contributed by atoms with E-state index in [2.05, 4.69) is 155 Å². The Morgan fingerprint density at radius 1 is 0.708 bits per heavy atom. The molecule has 7 aromatic rings. The van der Waals surface area contributed by atoms with Crippen LogP contribution in [0.1, 0.15) is 17.5 Å². The summed E-state index contributed by atoms with van der Waals surface area (Å²) in [6, 6.07) is 39.5. The molecule has 0 spiro atoms. The van der Waals surface area contributed by atoms with Crippen LogP contribution in [-0.4, -0.2) is 21.5 Å². The normalized spacial score (nSPS) is 15.1. The molecule has 0 amide bonds. The molecule has 2 aromatic heterocycles. The van der Waals surface area contributed by atoms with Crippen LogP contribution in [0.3, 0.4) is 0 Å². The van der Waals surface area contributed by atoms with Crippen molar-refractivity contribution in [2.24, 2.45) is 9.98 Å². The van der Waals surface area contributed by atoms with Gasteiger partial charge < -0.3 is 9.13 Å². The molecule has 2 aliphatic heterocycles. The molecule has 0 radical (unpaired) electrons. The fourth-order valence-corrected chi connectivity index (χ4v) is 8.70. The highest BCUT2D eigenvalue weighted by molar-refractivity contribution is 7.99. The number of nitrogens with zero attached hydrogens (tertiary/aromatic N) is 4. The van der Waals surface area contributed by atoms with Crippen molar-refractivity contribution >= 4 is 55.9 Å². The summed E-state index contributed by atoms with van der Waals surface area (Å²) in [5.74, 6) is 0.776. The van der Waals surface area contributed by atoms with Gasteiger partial charge in [0, 0.05) is 55.2 Å². The zero-order chi connectivity index (χ0) is 31.6. The Morgan fingerprint density at radius 2 is 1.58 bits per heavy atom. The van der Waals surface area contributed by atoms with Crippen LogP contribution in [0.25, 0.3) is 44.0 Å². The second-order valence-corrected chi connectivity index (χ2v) is 13.6. The van der Waals surface area contributed by atoms with Crippen LogP contribution in [0.15, 0.2) is 171 Å². The molecule has 5 aromatic carbocycles. The zero-order valence-electron chi connectivity index (χ0n) is 26.2. The first-order valence-corrected chi connectivity index (χ1v) is 17.3. The average molecular weight is 635 g/mol. The van der Waals surface area contributed by atoms with Crippen molar-refractivity contribution in [2.45, 2.75) is 22.8 Å². The lowest BCUT2D eigenvalue weighted by atomic mass is 10.0. The van der Waals surface area contributed by atoms with Gasteiger partial charge in [-0.05, 0) is 77.7 Å². The number of amidine groups is 1. The van der Waals surface area contributed by atoms with Crippen LogP contribution in [-0.2, 0) is 6.54 Å². The van der Waals surface area contributed by atoms with Gasteiger partial charge in [0.2, 0.25) is 0 Å². The predicted molar refractivity (Wildman–Crippen MR) is 199 cm³/mol. The Labute approximate surface area is 282 Å². The van der Waals surface area contributed by atoms with E-state index in [1.54, 1.807) is 0 Å². The quantitative estimate of drug-likeness (QED) is 0.190. The molecule has 0 bridgehead atoms. The number of hydrogen-bond acceptors (Lipinski definition) is 3. The van der Waals surface area contributed by atoms with Gasteiger partial charge in [-0.25, -0.2) is 4.99 Å². The van der Waals surface area contributed by atoms with Gasteiger partial charge in [-0.1, -0.05) is 96.7 Å². The number of aromatic nitrogens is 2. The minimum Gasteiger partial charge on any atom is -0.342 e. The molecule has 1 aliphatic carbocycles. The molecule has 0 saturated heterocycles. The minimum absolute atomic E-state index is 0.603. The van der Waals surface area contributed by atoms with Crippen LogP contribution in [0, 0.1) is 0 Å². The van der Waals surface area contributed by atoms with Crippen LogP contribution in [0.5, 0.6) is 0 Å². The maximum Gasteiger partial charge on any atom is 0.155 e. The first-order chi connectivity index (χ1) is 23.8. The van der Waals surface area contributed by atoms with E-state index in [9.17, 15) is 0 Å². The monoisotopic (exact) mass is 634 g/mol. The minimum atomic E-state index is 0.603. The van der Waals surface area contributed by atoms with Gasteiger partial charge in [0.25, 0.3) is 0 Å². The molecule has 0 N–H and O–H groups in total. The van der Waals surface area contributed by atoms with Crippen LogP contribution < -0.4 is 10.6 Å². The second-order valence-electron chi connectivity index (χ2n) is 12.6. The molecule has 228 valence electrons. The summed E-state index contributed by atoms with van der Waals surface area (Å²) >= 11 is 1.83. The molecule has 3 aliphatic rings. The maximum absolute atomic E-state index is 5.17. The van der Waals surface area contributed by atoms with Crippen molar-refractivity contribution < 1.29 is 0 Å². The molecule has 0 fully saturated rings. The van der Waals surface area contributed by atoms with Gasteiger partial charge in [0.1, 0.15) is 0 Å². The third-order valence-corrected chi connectivity index (χ3v) is 10.9. The Balaban J connectivity index is 1.11. The first-order valence-electron chi connectivity index (χ1n) is 16.5. The van der Waals surface area contributed by atoms with Crippen LogP contribution in [0.4, 0.5) is 0 Å². The van der Waals surface area contributed by atoms with Crippen LogP contribution in [0.2, 0.25) is 0 Å². The Kier molecular flexibility index (Phi) is 6.27.